The van der Waals surface area contributed by atoms with E-state index in [9.17, 15) is 13.2 Å². The average molecular weight is 439 g/mol. The topological polar surface area (TPSA) is 130 Å². The number of rotatable bonds is 6. The number of nitrogens with one attached hydrogen (secondary N) is 1. The Balaban J connectivity index is 1.59. The van der Waals surface area contributed by atoms with Gasteiger partial charge >= 0.3 is 5.97 Å². The van der Waals surface area contributed by atoms with Gasteiger partial charge in [0.15, 0.2) is 23.4 Å². The fourth-order valence-corrected chi connectivity index (χ4v) is 3.53. The molecule has 0 aliphatic carbocycles. The normalized spacial score (nSPS) is 15.3. The van der Waals surface area contributed by atoms with Crippen molar-refractivity contribution in [3.05, 3.63) is 29.9 Å². The van der Waals surface area contributed by atoms with Gasteiger partial charge in [-0.1, -0.05) is 25.9 Å². The zero-order valence-electron chi connectivity index (χ0n) is 17.3. The summed E-state index contributed by atoms with van der Waals surface area (Å²) in [7, 11) is -3.95. The van der Waals surface area contributed by atoms with Gasteiger partial charge in [-0.3, -0.25) is 4.79 Å². The van der Waals surface area contributed by atoms with Crippen LogP contribution in [0.2, 0.25) is 0 Å². The molecule has 1 N–H and O–H groups in total. The lowest BCUT2D eigenvalue weighted by Crippen LogP contribution is -2.31. The van der Waals surface area contributed by atoms with Gasteiger partial charge in [0.1, 0.15) is 6.54 Å². The Kier molecular flexibility index (Phi) is 6.32. The number of carbonyl (C=O) groups is 1. The van der Waals surface area contributed by atoms with E-state index in [1.165, 1.54) is 18.2 Å². The fraction of sp³-hybridized carbons (Fsp3) is 0.526. The van der Waals surface area contributed by atoms with Crippen LogP contribution < -0.4 is 14.2 Å². The molecule has 0 saturated heterocycles. The quantitative estimate of drug-likeness (QED) is 0.673. The zero-order valence-corrected chi connectivity index (χ0v) is 18.1. The van der Waals surface area contributed by atoms with Crippen molar-refractivity contribution in [3.63, 3.8) is 0 Å². The molecule has 1 unspecified atom stereocenters. The van der Waals surface area contributed by atoms with Gasteiger partial charge in [-0.25, -0.2) is 8.42 Å². The van der Waals surface area contributed by atoms with Crippen LogP contribution in [0.4, 0.5) is 0 Å². The van der Waals surface area contributed by atoms with Crippen molar-refractivity contribution in [1.29, 1.82) is 0 Å². The Bertz CT molecular complexity index is 1010. The summed E-state index contributed by atoms with van der Waals surface area (Å²) in [5, 5.41) is 3.87. The van der Waals surface area contributed by atoms with Crippen LogP contribution in [-0.2, 0) is 25.0 Å². The predicted molar refractivity (Wildman–Crippen MR) is 105 cm³/mol. The molecule has 0 radical (unpaired) electrons. The summed E-state index contributed by atoms with van der Waals surface area (Å²) in [6.45, 7) is 7.71. The number of hydrogen-bond donors (Lipinski definition) is 1. The molecule has 30 heavy (non-hydrogen) atoms. The van der Waals surface area contributed by atoms with Crippen LogP contribution in [0.25, 0.3) is 0 Å². The van der Waals surface area contributed by atoms with Crippen LogP contribution in [0.5, 0.6) is 11.5 Å². The number of benzene rings is 1. The third-order valence-electron chi connectivity index (χ3n) is 4.20. The summed E-state index contributed by atoms with van der Waals surface area (Å²) in [5.41, 5.74) is -0.316. The molecule has 0 saturated carbocycles. The number of nitrogens with zero attached hydrogens (tertiary/aromatic N) is 2. The maximum Gasteiger partial charge on any atom is 0.321 e. The van der Waals surface area contributed by atoms with Crippen molar-refractivity contribution in [2.24, 2.45) is 0 Å². The van der Waals surface area contributed by atoms with Crippen molar-refractivity contribution >= 4 is 16.0 Å². The van der Waals surface area contributed by atoms with Crippen LogP contribution in [0.1, 0.15) is 51.9 Å². The molecule has 1 atom stereocenters. The van der Waals surface area contributed by atoms with Crippen LogP contribution in [0.3, 0.4) is 0 Å². The SMILES string of the molecule is CC(OC(=O)CNS(=O)(=O)c1ccc2c(c1)OCCCO2)c1nc(C(C)(C)C)no1. The van der Waals surface area contributed by atoms with Crippen LogP contribution in [0, 0.1) is 0 Å². The number of fused-ring (bicyclic) bond motifs is 1. The van der Waals surface area contributed by atoms with Gasteiger partial charge in [0.25, 0.3) is 5.89 Å². The molecule has 11 heteroatoms. The van der Waals surface area contributed by atoms with E-state index in [4.69, 9.17) is 18.7 Å². The number of hydrogen-bond acceptors (Lipinski definition) is 9. The van der Waals surface area contributed by atoms with Crippen LogP contribution in [0.15, 0.2) is 27.6 Å². The summed E-state index contributed by atoms with van der Waals surface area (Å²) in [6.07, 6.45) is -0.111. The first-order chi connectivity index (χ1) is 14.1. The standard InChI is InChI=1S/C19H25N3O7S/c1-12(17-21-18(22-29-17)19(2,3)4)28-16(23)11-20-30(24,25)13-6-7-14-15(10-13)27-9-5-8-26-14/h6-7,10,12,20H,5,8-9,11H2,1-4H3. The van der Waals surface area contributed by atoms with E-state index >= 15 is 0 Å². The summed E-state index contributed by atoms with van der Waals surface area (Å²) in [5.74, 6) is 0.664. The molecule has 1 aliphatic heterocycles. The Labute approximate surface area is 174 Å². The molecule has 0 amide bonds. The van der Waals surface area contributed by atoms with E-state index < -0.39 is 28.6 Å². The smallest absolute Gasteiger partial charge is 0.321 e. The van der Waals surface area contributed by atoms with Gasteiger partial charge in [0, 0.05) is 17.9 Å². The molecule has 0 bridgehead atoms. The number of carbonyl (C=O) groups excluding carboxylic acids is 1. The Morgan fingerprint density at radius 3 is 2.60 bits per heavy atom. The average Bonchev–Trinajstić information content (AvgIpc) is 3.07. The van der Waals surface area contributed by atoms with E-state index in [0.717, 1.165) is 0 Å². The summed E-state index contributed by atoms with van der Waals surface area (Å²) in [6, 6.07) is 4.28. The highest BCUT2D eigenvalue weighted by molar-refractivity contribution is 7.89. The molecule has 2 aromatic rings. The molecule has 1 aromatic heterocycles. The third-order valence-corrected chi connectivity index (χ3v) is 5.60. The zero-order chi connectivity index (χ0) is 21.9. The summed E-state index contributed by atoms with van der Waals surface area (Å²) < 4.78 is 48.6. The molecule has 10 nitrogen and oxygen atoms in total. The Morgan fingerprint density at radius 2 is 1.93 bits per heavy atom. The Morgan fingerprint density at radius 1 is 1.23 bits per heavy atom. The second-order valence-corrected chi connectivity index (χ2v) is 9.59. The number of sulfonamides is 1. The monoisotopic (exact) mass is 439 g/mol. The second kappa shape index (κ2) is 8.60. The second-order valence-electron chi connectivity index (χ2n) is 7.82. The molecule has 164 valence electrons. The lowest BCUT2D eigenvalue weighted by molar-refractivity contribution is -0.148. The van der Waals surface area contributed by atoms with E-state index in [-0.39, 0.29) is 16.2 Å². The van der Waals surface area contributed by atoms with Gasteiger partial charge < -0.3 is 18.7 Å². The van der Waals surface area contributed by atoms with Crippen molar-refractivity contribution in [2.75, 3.05) is 19.8 Å². The fourth-order valence-electron chi connectivity index (χ4n) is 2.54. The molecular weight excluding hydrogens is 414 g/mol. The summed E-state index contributed by atoms with van der Waals surface area (Å²) >= 11 is 0. The molecule has 1 aliphatic rings. The number of aromatic nitrogens is 2. The minimum atomic E-state index is -3.95. The van der Waals surface area contributed by atoms with Crippen LogP contribution in [-0.4, -0.2) is 44.3 Å². The maximum absolute atomic E-state index is 12.5. The van der Waals surface area contributed by atoms with E-state index in [2.05, 4.69) is 14.9 Å². The van der Waals surface area contributed by atoms with Gasteiger partial charge in [0.2, 0.25) is 10.0 Å². The van der Waals surface area contributed by atoms with E-state index in [1.54, 1.807) is 6.92 Å². The molecule has 1 aromatic carbocycles. The number of ether oxygens (including phenoxy) is 3. The highest BCUT2D eigenvalue weighted by Gasteiger charge is 2.25. The Hall–Kier alpha value is -2.66. The maximum atomic E-state index is 12.5. The molecule has 3 rings (SSSR count). The number of esters is 1. The van der Waals surface area contributed by atoms with Gasteiger partial charge in [0.05, 0.1) is 18.1 Å². The minimum absolute atomic E-state index is 0.0423. The van der Waals surface area contributed by atoms with Crippen molar-refractivity contribution in [1.82, 2.24) is 14.9 Å². The van der Waals surface area contributed by atoms with Crippen LogP contribution >= 0.6 is 0 Å². The summed E-state index contributed by atoms with van der Waals surface area (Å²) in [4.78, 5) is 16.3. The van der Waals surface area contributed by atoms with Crippen molar-refractivity contribution in [2.45, 2.75) is 50.5 Å². The van der Waals surface area contributed by atoms with E-state index in [1.807, 2.05) is 20.8 Å². The first-order valence-electron chi connectivity index (χ1n) is 9.49. The van der Waals surface area contributed by atoms with Gasteiger partial charge in [-0.2, -0.15) is 9.71 Å². The largest absolute Gasteiger partial charge is 0.490 e. The lowest BCUT2D eigenvalue weighted by atomic mass is 9.96. The van der Waals surface area contributed by atoms with Crippen molar-refractivity contribution < 1.29 is 31.9 Å². The van der Waals surface area contributed by atoms with Gasteiger partial charge in [-0.05, 0) is 19.1 Å². The van der Waals surface area contributed by atoms with Crippen molar-refractivity contribution in [3.8, 4) is 11.5 Å². The molecule has 2 heterocycles. The molecule has 0 fully saturated rings. The highest BCUT2D eigenvalue weighted by Crippen LogP contribution is 2.31. The first kappa shape index (κ1) is 22.0. The van der Waals surface area contributed by atoms with E-state index in [0.29, 0.717) is 37.0 Å². The third kappa shape index (κ3) is 5.28. The predicted octanol–water partition coefficient (Wildman–Crippen LogP) is 2.11. The molecule has 0 spiro atoms. The molecular formula is C19H25N3O7S. The highest BCUT2D eigenvalue weighted by atomic mass is 32.2. The first-order valence-corrected chi connectivity index (χ1v) is 11.0. The van der Waals surface area contributed by atoms with Gasteiger partial charge in [-0.15, -0.1) is 0 Å². The minimum Gasteiger partial charge on any atom is -0.490 e. The lowest BCUT2D eigenvalue weighted by Gasteiger charge is -2.12.